The Morgan fingerprint density at radius 2 is 1.77 bits per heavy atom. The normalized spacial score (nSPS) is 18.9. The number of aromatic nitrogens is 4. The first-order valence-corrected chi connectivity index (χ1v) is 14.2. The number of nitrogens with one attached hydrogen (secondary N) is 1. The van der Waals surface area contributed by atoms with Gasteiger partial charge in [0.05, 0.1) is 23.3 Å². The van der Waals surface area contributed by atoms with Crippen molar-refractivity contribution in [3.63, 3.8) is 0 Å². The van der Waals surface area contributed by atoms with Crippen molar-refractivity contribution >= 4 is 28.7 Å². The molecular weight excluding hydrogens is 556 g/mol. The Morgan fingerprint density at radius 1 is 1.05 bits per heavy atom. The van der Waals surface area contributed by atoms with Crippen molar-refractivity contribution in [1.82, 2.24) is 24.8 Å². The minimum Gasteiger partial charge on any atom is -0.870 e. The van der Waals surface area contributed by atoms with Crippen LogP contribution in [0.4, 0.5) is 10.5 Å². The van der Waals surface area contributed by atoms with E-state index in [9.17, 15) is 14.5 Å². The Labute approximate surface area is 247 Å². The summed E-state index contributed by atoms with van der Waals surface area (Å²) >= 11 is 0. The number of piperidine rings is 1. The summed E-state index contributed by atoms with van der Waals surface area (Å²) in [5, 5.41) is 11.6. The molecule has 0 unspecified atom stereocenters. The maximum atomic E-state index is 12.5. The standard InChI is InChI=1S/C30H32N6O6.H2O/c1-30(2,3)41-29(38)35-12-10-18(11-13-35)27-32-26(34-42-27)20-4-5-21-17-31-36(25(21)14-20)23-15-24(16-23)40-28(37)19-6-8-22(33-39)9-7-19;/h4-9,14,17-18,23-24H,10-13,15-16H2,1-3H3;1H2. The first-order valence-electron chi connectivity index (χ1n) is 14.2. The monoisotopic (exact) mass is 590 g/mol. The van der Waals surface area contributed by atoms with E-state index in [0.717, 1.165) is 29.3 Å². The van der Waals surface area contributed by atoms with Crippen LogP contribution in [-0.4, -0.2) is 67.2 Å². The number of amides is 1. The lowest BCUT2D eigenvalue weighted by molar-refractivity contribution is -0.379. The van der Waals surface area contributed by atoms with E-state index >= 15 is 0 Å². The summed E-state index contributed by atoms with van der Waals surface area (Å²) in [6.45, 7) is 6.74. The zero-order valence-corrected chi connectivity index (χ0v) is 24.2. The fourth-order valence-corrected chi connectivity index (χ4v) is 5.35. The second kappa shape index (κ2) is 11.9. The molecule has 1 aliphatic heterocycles. The Hall–Kier alpha value is -4.65. The van der Waals surface area contributed by atoms with Crippen LogP contribution in [0.25, 0.3) is 22.3 Å². The minimum atomic E-state index is -0.523. The quantitative estimate of drug-likeness (QED) is 0.323. The maximum Gasteiger partial charge on any atom is 0.410 e. The average molecular weight is 591 g/mol. The molecule has 0 radical (unpaired) electrons. The summed E-state index contributed by atoms with van der Waals surface area (Å²) in [6.07, 6.45) is 4.08. The van der Waals surface area contributed by atoms with E-state index in [4.69, 9.17) is 19.0 Å². The molecule has 4 aromatic rings. The zero-order valence-electron chi connectivity index (χ0n) is 24.2. The van der Waals surface area contributed by atoms with Crippen molar-refractivity contribution in [2.75, 3.05) is 13.1 Å². The fourth-order valence-electron chi connectivity index (χ4n) is 5.35. The Balaban J connectivity index is 0.00000368. The number of esters is 1. The molecule has 3 heterocycles. The number of nitroso groups, excluding NO2 is 1. The summed E-state index contributed by atoms with van der Waals surface area (Å²) in [4.78, 5) is 42.0. The summed E-state index contributed by atoms with van der Waals surface area (Å²) < 4.78 is 18.7. The van der Waals surface area contributed by atoms with Crippen molar-refractivity contribution < 1.29 is 34.2 Å². The number of benzene rings is 2. The summed E-state index contributed by atoms with van der Waals surface area (Å²) in [5.74, 6) is 0.750. The molecule has 6 rings (SSSR count). The average Bonchev–Trinajstić information content (AvgIpc) is 3.61. The Morgan fingerprint density at radius 3 is 2.44 bits per heavy atom. The predicted octanol–water partition coefficient (Wildman–Crippen LogP) is 4.06. The number of carbonyl (C=O) groups excluding carboxylic acids is 2. The first-order chi connectivity index (χ1) is 20.2. The van der Waals surface area contributed by atoms with Gasteiger partial charge in [0.15, 0.2) is 0 Å². The Kier molecular flexibility index (Phi) is 8.27. The molecule has 2 N–H and O–H groups in total. The molecular formula is C30H34N6O7. The number of likely N-dealkylation sites (tertiary alicyclic amines) is 1. The number of hydrogen-bond donors (Lipinski definition) is 1. The van der Waals surface area contributed by atoms with Crippen LogP contribution >= 0.6 is 0 Å². The molecule has 2 aliphatic rings. The highest BCUT2D eigenvalue weighted by Crippen LogP contribution is 2.37. The van der Waals surface area contributed by atoms with Gasteiger partial charge in [-0.15, -0.1) is 0 Å². The van der Waals surface area contributed by atoms with Crippen LogP contribution in [0.2, 0.25) is 0 Å². The van der Waals surface area contributed by atoms with Crippen LogP contribution < -0.4 is 5.18 Å². The van der Waals surface area contributed by atoms with Gasteiger partial charge in [-0.1, -0.05) is 17.3 Å². The Bertz CT molecular complexity index is 1610. The third-order valence-electron chi connectivity index (χ3n) is 7.72. The van der Waals surface area contributed by atoms with Gasteiger partial charge in [0.2, 0.25) is 11.7 Å². The largest absolute Gasteiger partial charge is 0.870 e. The van der Waals surface area contributed by atoms with E-state index in [1.165, 1.54) is 0 Å². The number of hydrogen-bond acceptors (Lipinski definition) is 10. The van der Waals surface area contributed by atoms with Crippen molar-refractivity contribution in [2.24, 2.45) is 0 Å². The molecule has 1 aliphatic carbocycles. The minimum absolute atomic E-state index is 0. The molecule has 2 fully saturated rings. The molecule has 0 spiro atoms. The number of ether oxygens (including phenoxy) is 2. The van der Waals surface area contributed by atoms with Gasteiger partial charge in [0.1, 0.15) is 11.7 Å². The molecule has 43 heavy (non-hydrogen) atoms. The lowest BCUT2D eigenvalue weighted by atomic mass is 9.89. The molecule has 2 aromatic heterocycles. The second-order valence-electron chi connectivity index (χ2n) is 11.9. The molecule has 13 heteroatoms. The van der Waals surface area contributed by atoms with Gasteiger partial charge in [0.25, 0.3) is 5.69 Å². The SMILES string of the molecule is CC(C)(C)OC(=O)N1CCC(c2nc(-c3ccc4cnn(C5CC(OC(=O)c6ccc([NH+]=O)cc6)C5)c4c3)no2)CC1.[OH-]. The van der Waals surface area contributed by atoms with E-state index in [-0.39, 0.29) is 29.6 Å². The number of nitrogens with zero attached hydrogens (tertiary/aromatic N) is 5. The molecule has 226 valence electrons. The van der Waals surface area contributed by atoms with Crippen LogP contribution in [0.3, 0.4) is 0 Å². The lowest BCUT2D eigenvalue weighted by Gasteiger charge is -2.35. The first kappa shape index (κ1) is 29.8. The number of fused-ring (bicyclic) bond motifs is 1. The summed E-state index contributed by atoms with van der Waals surface area (Å²) in [5.41, 5.74) is 2.03. The summed E-state index contributed by atoms with van der Waals surface area (Å²) in [6, 6.07) is 12.3. The third-order valence-corrected chi connectivity index (χ3v) is 7.72. The number of rotatable bonds is 6. The van der Waals surface area contributed by atoms with Crippen LogP contribution in [0, 0.1) is 4.91 Å². The van der Waals surface area contributed by atoms with Gasteiger partial charge in [-0.3, -0.25) is 4.68 Å². The van der Waals surface area contributed by atoms with Crippen LogP contribution in [0.15, 0.2) is 53.2 Å². The lowest BCUT2D eigenvalue weighted by Crippen LogP contribution is -2.55. The highest BCUT2D eigenvalue weighted by atomic mass is 16.6. The second-order valence-corrected chi connectivity index (χ2v) is 11.9. The molecule has 1 amide bonds. The topological polar surface area (TPSA) is 174 Å². The van der Waals surface area contributed by atoms with E-state index in [0.29, 0.717) is 48.9 Å². The van der Waals surface area contributed by atoms with Crippen molar-refractivity contribution in [3.8, 4) is 11.4 Å². The third kappa shape index (κ3) is 6.41. The van der Waals surface area contributed by atoms with Gasteiger partial charge >= 0.3 is 12.1 Å². The molecule has 0 atom stereocenters. The van der Waals surface area contributed by atoms with Crippen LogP contribution in [0.1, 0.15) is 74.7 Å². The maximum absolute atomic E-state index is 12.5. The zero-order chi connectivity index (χ0) is 29.4. The van der Waals surface area contributed by atoms with E-state index in [2.05, 4.69) is 10.3 Å². The molecule has 13 nitrogen and oxygen atoms in total. The van der Waals surface area contributed by atoms with E-state index in [1.54, 1.807) is 34.3 Å². The highest BCUT2D eigenvalue weighted by molar-refractivity contribution is 5.89. The van der Waals surface area contributed by atoms with Crippen LogP contribution in [-0.2, 0) is 9.47 Å². The molecule has 1 saturated carbocycles. The molecule has 0 bridgehead atoms. The van der Waals surface area contributed by atoms with Crippen molar-refractivity contribution in [1.29, 1.82) is 0 Å². The summed E-state index contributed by atoms with van der Waals surface area (Å²) in [7, 11) is 0. The van der Waals surface area contributed by atoms with E-state index in [1.807, 2.05) is 49.8 Å². The van der Waals surface area contributed by atoms with Gasteiger partial charge in [-0.25, -0.2) is 9.59 Å². The van der Waals surface area contributed by atoms with Gasteiger partial charge in [-0.2, -0.15) is 10.1 Å². The molecule has 1 saturated heterocycles. The van der Waals surface area contributed by atoms with Gasteiger partial charge in [0, 0.05) is 65.0 Å². The number of carbonyl (C=O) groups is 2. The van der Waals surface area contributed by atoms with Crippen molar-refractivity contribution in [2.45, 2.75) is 70.1 Å². The predicted molar refractivity (Wildman–Crippen MR) is 153 cm³/mol. The fraction of sp³-hybridized carbons (Fsp3) is 0.433. The smallest absolute Gasteiger partial charge is 0.410 e. The van der Waals surface area contributed by atoms with E-state index < -0.39 is 11.6 Å². The van der Waals surface area contributed by atoms with Gasteiger partial charge < -0.3 is 24.4 Å². The van der Waals surface area contributed by atoms with Crippen LogP contribution in [0.5, 0.6) is 0 Å². The molecule has 2 aromatic carbocycles. The van der Waals surface area contributed by atoms with Gasteiger partial charge in [-0.05, 0) is 51.8 Å². The van der Waals surface area contributed by atoms with Crippen molar-refractivity contribution in [3.05, 3.63) is 65.0 Å². The highest BCUT2D eigenvalue weighted by Gasteiger charge is 2.35.